The van der Waals surface area contributed by atoms with Crippen LogP contribution < -0.4 is 0 Å². The van der Waals surface area contributed by atoms with E-state index in [4.69, 9.17) is 33.2 Å². The Morgan fingerprint density at radius 1 is 0.378 bits per heavy atom. The zero-order valence-electron chi connectivity index (χ0n) is 23.5. The van der Waals surface area contributed by atoms with Gasteiger partial charge >= 0.3 is 0 Å². The van der Waals surface area contributed by atoms with Gasteiger partial charge in [-0.25, -0.2) is 0 Å². The van der Waals surface area contributed by atoms with Gasteiger partial charge in [0.05, 0.1) is 26.4 Å². The minimum Gasteiger partial charge on any atom is -0.394 e. The molecule has 0 aromatic carbocycles. The van der Waals surface area contributed by atoms with E-state index in [9.17, 15) is 71.5 Å². The fourth-order valence-electron chi connectivity index (χ4n) is 5.33. The van der Waals surface area contributed by atoms with Crippen LogP contribution in [-0.4, -0.2) is 221 Å². The average molecular weight is 667 g/mol. The molecule has 0 saturated carbocycles. The number of rotatable bonds is 10. The van der Waals surface area contributed by atoms with E-state index in [1.807, 2.05) is 0 Å². The van der Waals surface area contributed by atoms with Crippen LogP contribution >= 0.6 is 0 Å². The maximum atomic E-state index is 10.7. The van der Waals surface area contributed by atoms with Gasteiger partial charge in [0.2, 0.25) is 0 Å². The maximum absolute atomic E-state index is 10.7. The minimum absolute atomic E-state index is 0.634. The number of aliphatic hydroxyl groups excluding tert-OH is 14. The molecule has 4 heterocycles. The molecule has 4 fully saturated rings. The molecule has 21 heteroatoms. The van der Waals surface area contributed by atoms with Crippen LogP contribution in [0, 0.1) is 0 Å². The van der Waals surface area contributed by atoms with Crippen LogP contribution in [0.4, 0.5) is 0 Å². The van der Waals surface area contributed by atoms with Crippen molar-refractivity contribution in [1.82, 2.24) is 0 Å². The summed E-state index contributed by atoms with van der Waals surface area (Å²) in [6.45, 7) is -2.92. The molecule has 20 atom stereocenters. The average Bonchev–Trinajstić information content (AvgIpc) is 3.03. The van der Waals surface area contributed by atoms with Crippen molar-refractivity contribution in [2.75, 3.05) is 26.4 Å². The molecule has 0 amide bonds. The van der Waals surface area contributed by atoms with Crippen LogP contribution in [0.5, 0.6) is 0 Å². The highest BCUT2D eigenvalue weighted by atomic mass is 16.8. The first-order chi connectivity index (χ1) is 21.2. The van der Waals surface area contributed by atoms with Crippen LogP contribution in [0.15, 0.2) is 0 Å². The first kappa shape index (κ1) is 37.0. The lowest BCUT2D eigenvalue weighted by Gasteiger charge is -2.46. The Labute approximate surface area is 254 Å². The van der Waals surface area contributed by atoms with Crippen molar-refractivity contribution in [2.24, 2.45) is 0 Å². The first-order valence-electron chi connectivity index (χ1n) is 14.1. The molecule has 0 bridgehead atoms. The summed E-state index contributed by atoms with van der Waals surface area (Å²) >= 11 is 0. The fraction of sp³-hybridized carbons (Fsp3) is 1.00. The Morgan fingerprint density at radius 3 is 1.31 bits per heavy atom. The van der Waals surface area contributed by atoms with Crippen molar-refractivity contribution in [2.45, 2.75) is 123 Å². The number of ether oxygens (including phenoxy) is 7. The third-order valence-corrected chi connectivity index (χ3v) is 8.17. The van der Waals surface area contributed by atoms with Gasteiger partial charge in [-0.3, -0.25) is 0 Å². The van der Waals surface area contributed by atoms with Gasteiger partial charge in [-0.2, -0.15) is 0 Å². The molecule has 4 aliphatic rings. The van der Waals surface area contributed by atoms with Gasteiger partial charge in [0.15, 0.2) is 25.2 Å². The number of aliphatic hydroxyl groups is 14. The third kappa shape index (κ3) is 7.75. The predicted molar refractivity (Wildman–Crippen MR) is 134 cm³/mol. The summed E-state index contributed by atoms with van der Waals surface area (Å²) in [6, 6.07) is 0. The molecular weight excluding hydrogens is 624 g/mol. The van der Waals surface area contributed by atoms with E-state index in [0.29, 0.717) is 0 Å². The van der Waals surface area contributed by atoms with Gasteiger partial charge < -0.3 is 105 Å². The molecule has 264 valence electrons. The second-order valence-electron chi connectivity index (χ2n) is 11.2. The zero-order valence-corrected chi connectivity index (χ0v) is 23.5. The fourth-order valence-corrected chi connectivity index (χ4v) is 5.33. The van der Waals surface area contributed by atoms with Crippen LogP contribution in [0.2, 0.25) is 0 Å². The lowest BCUT2D eigenvalue weighted by Crippen LogP contribution is -2.65. The van der Waals surface area contributed by atoms with E-state index in [0.717, 1.165) is 0 Å². The molecule has 4 saturated heterocycles. The van der Waals surface area contributed by atoms with Crippen molar-refractivity contribution >= 4 is 0 Å². The lowest BCUT2D eigenvalue weighted by molar-refractivity contribution is -0.365. The first-order valence-corrected chi connectivity index (χ1v) is 14.1. The molecule has 4 aliphatic heterocycles. The third-order valence-electron chi connectivity index (χ3n) is 8.17. The van der Waals surface area contributed by atoms with Gasteiger partial charge in [-0.05, 0) is 0 Å². The van der Waals surface area contributed by atoms with Gasteiger partial charge in [0, 0.05) is 0 Å². The monoisotopic (exact) mass is 666 g/mol. The topological polar surface area (TPSA) is 348 Å². The Hall–Kier alpha value is -0.840. The molecule has 0 aliphatic carbocycles. The van der Waals surface area contributed by atoms with Crippen LogP contribution in [0.3, 0.4) is 0 Å². The normalized spacial score (nSPS) is 52.9. The predicted octanol–water partition coefficient (Wildman–Crippen LogP) is -9.75. The highest BCUT2D eigenvalue weighted by Gasteiger charge is 2.52. The number of hydrogen-bond acceptors (Lipinski definition) is 21. The Bertz CT molecular complexity index is 914. The standard InChI is InChI=1S/C24H42O21/c25-1-5-9(27)13(31)18(36)24(42-5)45-20-6(2-26)43-23(19(37)15(20)33)40-4-8-11(29)14(32)17(35)22(44-8)39-3-7-10(28)12(30)16(34)21(38)41-7/h5-38H,1-4H2/t5-,6-,7-,8-,9-,10-,11-,12+,13+,14+,15-,16-,17-,18-,19-,20-,21+,22+,23+,24-/m1/s1. The Morgan fingerprint density at radius 2 is 0.778 bits per heavy atom. The zero-order chi connectivity index (χ0) is 33.3. The molecule has 14 N–H and O–H groups in total. The quantitative estimate of drug-likeness (QED) is 0.103. The summed E-state index contributed by atoms with van der Waals surface area (Å²) in [4.78, 5) is 0. The van der Waals surface area contributed by atoms with Gasteiger partial charge in [-0.1, -0.05) is 0 Å². The minimum atomic E-state index is -1.91. The van der Waals surface area contributed by atoms with E-state index in [1.54, 1.807) is 0 Å². The molecule has 21 nitrogen and oxygen atoms in total. The largest absolute Gasteiger partial charge is 0.394 e. The van der Waals surface area contributed by atoms with Crippen LogP contribution in [0.1, 0.15) is 0 Å². The smallest absolute Gasteiger partial charge is 0.187 e. The summed E-state index contributed by atoms with van der Waals surface area (Å²) in [7, 11) is 0. The summed E-state index contributed by atoms with van der Waals surface area (Å²) in [5.74, 6) is 0. The molecule has 4 rings (SSSR count). The van der Waals surface area contributed by atoms with Crippen LogP contribution in [0.25, 0.3) is 0 Å². The van der Waals surface area contributed by atoms with E-state index < -0.39 is 149 Å². The molecule has 0 radical (unpaired) electrons. The maximum Gasteiger partial charge on any atom is 0.187 e. The van der Waals surface area contributed by atoms with Crippen molar-refractivity contribution in [3.8, 4) is 0 Å². The SMILES string of the molecule is OC[C@H]1O[C@H](O[C@H]2[C@H](O)[C@@H](O)[C@@H](OC[C@H]3O[C@H](OC[C@H]4O[C@H](O)[C@H](O)[C@@H](O)[C@@H]4O)[C@H](O)[C@@H](O)[C@@H]3O)O[C@@H]2CO)[C@H](O)[C@@H](O)[C@@H]1O. The summed E-state index contributed by atoms with van der Waals surface area (Å²) < 4.78 is 37.4. The molecule has 0 aromatic heterocycles. The van der Waals surface area contributed by atoms with Crippen LogP contribution in [-0.2, 0) is 33.2 Å². The van der Waals surface area contributed by atoms with Gasteiger partial charge in [0.25, 0.3) is 0 Å². The van der Waals surface area contributed by atoms with Crippen molar-refractivity contribution in [1.29, 1.82) is 0 Å². The van der Waals surface area contributed by atoms with E-state index >= 15 is 0 Å². The van der Waals surface area contributed by atoms with E-state index in [2.05, 4.69) is 0 Å². The highest BCUT2D eigenvalue weighted by Crippen LogP contribution is 2.31. The second-order valence-corrected chi connectivity index (χ2v) is 11.2. The summed E-state index contributed by atoms with van der Waals surface area (Å²) in [5, 5.41) is 141. The van der Waals surface area contributed by atoms with Gasteiger partial charge in [0.1, 0.15) is 97.7 Å². The highest BCUT2D eigenvalue weighted by molar-refractivity contribution is 4.95. The van der Waals surface area contributed by atoms with Crippen molar-refractivity contribution in [3.63, 3.8) is 0 Å². The Kier molecular flexibility index (Phi) is 12.8. The molecular formula is C24H42O21. The molecule has 0 spiro atoms. The lowest BCUT2D eigenvalue weighted by atomic mass is 9.97. The van der Waals surface area contributed by atoms with E-state index in [1.165, 1.54) is 0 Å². The molecule has 45 heavy (non-hydrogen) atoms. The van der Waals surface area contributed by atoms with Crippen molar-refractivity contribution < 1.29 is 105 Å². The Balaban J connectivity index is 1.35. The van der Waals surface area contributed by atoms with Gasteiger partial charge in [-0.15, -0.1) is 0 Å². The second kappa shape index (κ2) is 15.6. The van der Waals surface area contributed by atoms with E-state index in [-0.39, 0.29) is 0 Å². The molecule has 0 unspecified atom stereocenters. The van der Waals surface area contributed by atoms with Crippen molar-refractivity contribution in [3.05, 3.63) is 0 Å². The summed E-state index contributed by atoms with van der Waals surface area (Å²) in [6.07, 6.45) is -34.3. The molecule has 0 aromatic rings. The number of hydrogen-bond donors (Lipinski definition) is 14. The summed E-state index contributed by atoms with van der Waals surface area (Å²) in [5.41, 5.74) is 0.